The summed E-state index contributed by atoms with van der Waals surface area (Å²) in [6.07, 6.45) is 0. The van der Waals surface area contributed by atoms with Gasteiger partial charge in [-0.2, -0.15) is 4.73 Å². The number of nitrogens with one attached hydrogen (secondary N) is 1. The SMILES string of the molecule is CN=c1c(=O)[nH]c2ccc(F)cc2n1O. The van der Waals surface area contributed by atoms with E-state index in [1.54, 1.807) is 0 Å². The van der Waals surface area contributed by atoms with Crippen molar-refractivity contribution in [3.8, 4) is 0 Å². The Morgan fingerprint density at radius 2 is 2.27 bits per heavy atom. The van der Waals surface area contributed by atoms with Crippen molar-refractivity contribution >= 4 is 11.0 Å². The van der Waals surface area contributed by atoms with Gasteiger partial charge in [-0.3, -0.25) is 9.79 Å². The molecule has 6 heteroatoms. The van der Waals surface area contributed by atoms with Crippen LogP contribution in [-0.4, -0.2) is 22.0 Å². The Bertz CT molecular complexity index is 642. The molecule has 0 fully saturated rings. The topological polar surface area (TPSA) is 70.4 Å². The Kier molecular flexibility index (Phi) is 2.03. The third-order valence-electron chi connectivity index (χ3n) is 2.05. The molecule has 0 radical (unpaired) electrons. The fourth-order valence-electron chi connectivity index (χ4n) is 1.37. The Balaban J connectivity index is 3.06. The number of nitrogens with zero attached hydrogens (tertiary/aromatic N) is 2. The largest absolute Gasteiger partial charge is 0.426 e. The molecule has 1 aromatic carbocycles. The Hall–Kier alpha value is -2.11. The van der Waals surface area contributed by atoms with E-state index in [-0.39, 0.29) is 11.0 Å². The molecule has 0 aliphatic carbocycles. The molecule has 0 saturated carbocycles. The fraction of sp³-hybridized carbons (Fsp3) is 0.111. The highest BCUT2D eigenvalue weighted by Crippen LogP contribution is 2.08. The highest BCUT2D eigenvalue weighted by atomic mass is 19.1. The van der Waals surface area contributed by atoms with Crippen molar-refractivity contribution in [2.75, 3.05) is 7.05 Å². The number of aromatic nitrogens is 2. The number of benzene rings is 1. The van der Waals surface area contributed by atoms with Crippen LogP contribution in [-0.2, 0) is 0 Å². The standard InChI is InChI=1S/C9H8FN3O2/c1-11-8-9(14)12-6-3-2-5(10)4-7(6)13(8)15/h2-4,15H,1H3,(H,12,14). The number of fused-ring (bicyclic) bond motifs is 1. The zero-order valence-electron chi connectivity index (χ0n) is 7.86. The lowest BCUT2D eigenvalue weighted by molar-refractivity contribution is 0.183. The first kappa shape index (κ1) is 9.45. The van der Waals surface area contributed by atoms with Crippen LogP contribution in [0.3, 0.4) is 0 Å². The van der Waals surface area contributed by atoms with E-state index in [0.29, 0.717) is 10.2 Å². The lowest BCUT2D eigenvalue weighted by atomic mass is 10.3. The highest BCUT2D eigenvalue weighted by molar-refractivity contribution is 5.73. The second-order valence-electron chi connectivity index (χ2n) is 2.97. The minimum absolute atomic E-state index is 0.162. The molecule has 0 bridgehead atoms. The van der Waals surface area contributed by atoms with E-state index in [9.17, 15) is 14.4 Å². The number of hydrogen-bond donors (Lipinski definition) is 2. The Labute approximate surface area is 83.1 Å². The third-order valence-corrected chi connectivity index (χ3v) is 2.05. The molecule has 0 aliphatic rings. The van der Waals surface area contributed by atoms with Crippen LogP contribution in [0.1, 0.15) is 0 Å². The van der Waals surface area contributed by atoms with Gasteiger partial charge in [0.25, 0.3) is 5.56 Å². The molecule has 0 aliphatic heterocycles. The zero-order chi connectivity index (χ0) is 11.0. The van der Waals surface area contributed by atoms with E-state index in [0.717, 1.165) is 6.07 Å². The molecule has 0 unspecified atom stereocenters. The maximum absolute atomic E-state index is 12.9. The first-order chi connectivity index (χ1) is 7.13. The van der Waals surface area contributed by atoms with Gasteiger partial charge >= 0.3 is 0 Å². The molecule has 78 valence electrons. The van der Waals surface area contributed by atoms with Gasteiger partial charge in [-0.05, 0) is 12.1 Å². The molecule has 0 saturated heterocycles. The van der Waals surface area contributed by atoms with Gasteiger partial charge in [0, 0.05) is 13.1 Å². The highest BCUT2D eigenvalue weighted by Gasteiger charge is 2.04. The predicted molar refractivity (Wildman–Crippen MR) is 51.2 cm³/mol. The van der Waals surface area contributed by atoms with Crippen molar-refractivity contribution in [1.82, 2.24) is 9.71 Å². The molecule has 1 aromatic heterocycles. The maximum Gasteiger partial charge on any atom is 0.294 e. The molecule has 2 rings (SSSR count). The summed E-state index contributed by atoms with van der Waals surface area (Å²) in [4.78, 5) is 17.4. The lowest BCUT2D eigenvalue weighted by Gasteiger charge is -2.03. The summed E-state index contributed by atoms with van der Waals surface area (Å²) in [5.41, 5.74) is -0.196. The van der Waals surface area contributed by atoms with Crippen LogP contribution in [0.2, 0.25) is 0 Å². The summed E-state index contributed by atoms with van der Waals surface area (Å²) in [5.74, 6) is -0.501. The average Bonchev–Trinajstić information content (AvgIpc) is 2.20. The van der Waals surface area contributed by atoms with E-state index in [1.807, 2.05) is 0 Å². The molecule has 2 aromatic rings. The van der Waals surface area contributed by atoms with E-state index in [1.165, 1.54) is 19.2 Å². The minimum atomic E-state index is -0.529. The minimum Gasteiger partial charge on any atom is -0.426 e. The van der Waals surface area contributed by atoms with Gasteiger partial charge in [0.05, 0.1) is 5.52 Å². The molecule has 1 heterocycles. The van der Waals surface area contributed by atoms with Crippen molar-refractivity contribution < 1.29 is 9.60 Å². The summed E-state index contributed by atoms with van der Waals surface area (Å²) in [6.45, 7) is 0. The summed E-state index contributed by atoms with van der Waals surface area (Å²) in [6, 6.07) is 3.68. The molecule has 0 spiro atoms. The molecule has 2 N–H and O–H groups in total. The van der Waals surface area contributed by atoms with Crippen LogP contribution in [0.15, 0.2) is 28.0 Å². The molecular weight excluding hydrogens is 201 g/mol. The van der Waals surface area contributed by atoms with Crippen molar-refractivity contribution in [3.63, 3.8) is 0 Å². The van der Waals surface area contributed by atoms with E-state index < -0.39 is 11.4 Å². The number of aromatic amines is 1. The van der Waals surface area contributed by atoms with Crippen molar-refractivity contribution in [2.45, 2.75) is 0 Å². The van der Waals surface area contributed by atoms with Gasteiger partial charge in [0.1, 0.15) is 11.3 Å². The van der Waals surface area contributed by atoms with E-state index >= 15 is 0 Å². The summed E-state index contributed by atoms with van der Waals surface area (Å²) in [5, 5.41) is 9.59. The van der Waals surface area contributed by atoms with Crippen molar-refractivity contribution in [3.05, 3.63) is 39.9 Å². The van der Waals surface area contributed by atoms with Gasteiger partial charge in [0.15, 0.2) is 0 Å². The molecule has 0 amide bonds. The zero-order valence-corrected chi connectivity index (χ0v) is 7.86. The van der Waals surface area contributed by atoms with Gasteiger partial charge in [-0.25, -0.2) is 4.39 Å². The van der Waals surface area contributed by atoms with Crippen molar-refractivity contribution in [1.29, 1.82) is 0 Å². The summed E-state index contributed by atoms with van der Waals surface area (Å²) in [7, 11) is 1.36. The Morgan fingerprint density at radius 3 is 2.93 bits per heavy atom. The lowest BCUT2D eigenvalue weighted by Crippen LogP contribution is -2.36. The Morgan fingerprint density at radius 1 is 1.53 bits per heavy atom. The van der Waals surface area contributed by atoms with Gasteiger partial charge in [-0.15, -0.1) is 0 Å². The second kappa shape index (κ2) is 3.23. The molecule has 0 atom stereocenters. The first-order valence-corrected chi connectivity index (χ1v) is 4.20. The van der Waals surface area contributed by atoms with Crippen LogP contribution >= 0.6 is 0 Å². The van der Waals surface area contributed by atoms with Crippen LogP contribution in [0.25, 0.3) is 11.0 Å². The predicted octanol–water partition coefficient (Wildman–Crippen LogP) is 0.236. The van der Waals surface area contributed by atoms with Crippen LogP contribution in [0, 0.1) is 5.82 Å². The summed E-state index contributed by atoms with van der Waals surface area (Å²) >= 11 is 0. The molecular formula is C9H8FN3O2. The maximum atomic E-state index is 12.9. The number of halogens is 1. The molecule has 15 heavy (non-hydrogen) atoms. The van der Waals surface area contributed by atoms with Crippen molar-refractivity contribution in [2.24, 2.45) is 4.99 Å². The summed E-state index contributed by atoms with van der Waals surface area (Å²) < 4.78 is 13.5. The van der Waals surface area contributed by atoms with E-state index in [2.05, 4.69) is 9.98 Å². The van der Waals surface area contributed by atoms with Gasteiger partial charge < -0.3 is 10.2 Å². The fourth-order valence-corrected chi connectivity index (χ4v) is 1.37. The van der Waals surface area contributed by atoms with Crippen LogP contribution in [0.4, 0.5) is 4.39 Å². The van der Waals surface area contributed by atoms with E-state index in [4.69, 9.17) is 0 Å². The first-order valence-electron chi connectivity index (χ1n) is 4.20. The number of rotatable bonds is 0. The quantitative estimate of drug-likeness (QED) is 0.610. The second-order valence-corrected chi connectivity index (χ2v) is 2.97. The van der Waals surface area contributed by atoms with Gasteiger partial charge in [0.2, 0.25) is 5.49 Å². The smallest absolute Gasteiger partial charge is 0.294 e. The number of H-pyrrole nitrogens is 1. The molecule has 5 nitrogen and oxygen atoms in total. The van der Waals surface area contributed by atoms with Crippen LogP contribution in [0.5, 0.6) is 0 Å². The normalized spacial score (nSPS) is 12.3. The van der Waals surface area contributed by atoms with Crippen LogP contribution < -0.4 is 11.0 Å². The van der Waals surface area contributed by atoms with Gasteiger partial charge in [-0.1, -0.05) is 0 Å². The third kappa shape index (κ3) is 1.39. The number of hydrogen-bond acceptors (Lipinski definition) is 3. The monoisotopic (exact) mass is 209 g/mol. The average molecular weight is 209 g/mol.